The smallest absolute Gasteiger partial charge is 0.175 e. The maximum absolute atomic E-state index is 9.33. The van der Waals surface area contributed by atoms with Gasteiger partial charge in [-0.2, -0.15) is 0 Å². The average Bonchev–Trinajstić information content (AvgIpc) is 2.54. The molecule has 0 spiro atoms. The molecule has 0 radical (unpaired) electrons. The van der Waals surface area contributed by atoms with Crippen molar-refractivity contribution in [3.63, 3.8) is 0 Å². The summed E-state index contributed by atoms with van der Waals surface area (Å²) < 4.78 is 12.2. The van der Waals surface area contributed by atoms with Crippen LogP contribution >= 0.6 is 15.9 Å². The van der Waals surface area contributed by atoms with Gasteiger partial charge in [-0.3, -0.25) is 0 Å². The van der Waals surface area contributed by atoms with Crippen molar-refractivity contribution in [1.29, 1.82) is 0 Å². The third-order valence-electron chi connectivity index (χ3n) is 2.69. The van der Waals surface area contributed by atoms with Gasteiger partial charge in [0.05, 0.1) is 24.3 Å². The predicted molar refractivity (Wildman–Crippen MR) is 65.0 cm³/mol. The highest BCUT2D eigenvalue weighted by molar-refractivity contribution is 9.10. The second-order valence-electron chi connectivity index (χ2n) is 3.72. The largest absolute Gasteiger partial charge is 0.489 e. The highest BCUT2D eigenvalue weighted by Gasteiger charge is 2.20. The van der Waals surface area contributed by atoms with Crippen LogP contribution in [0.2, 0.25) is 0 Å². The molecule has 2 rings (SSSR count). The highest BCUT2D eigenvalue weighted by Crippen LogP contribution is 2.42. The van der Waals surface area contributed by atoms with E-state index in [1.54, 1.807) is 0 Å². The van der Waals surface area contributed by atoms with Crippen molar-refractivity contribution in [2.24, 2.45) is 0 Å². The minimum atomic E-state index is 0.0262. The van der Waals surface area contributed by atoms with Gasteiger partial charge in [0.15, 0.2) is 11.5 Å². The molecule has 1 aromatic rings. The van der Waals surface area contributed by atoms with Gasteiger partial charge in [0.2, 0.25) is 0 Å². The first kappa shape index (κ1) is 11.7. The van der Waals surface area contributed by atoms with Gasteiger partial charge in [-0.15, -0.1) is 0 Å². The molecule has 0 saturated heterocycles. The quantitative estimate of drug-likeness (QED) is 0.909. The van der Waals surface area contributed by atoms with Crippen molar-refractivity contribution in [3.8, 4) is 11.5 Å². The molecule has 0 aliphatic carbocycles. The molecule has 0 saturated carbocycles. The Hall–Kier alpha value is -0.740. The van der Waals surface area contributed by atoms with Gasteiger partial charge in [-0.1, -0.05) is 6.92 Å². The van der Waals surface area contributed by atoms with Crippen LogP contribution in [-0.4, -0.2) is 18.3 Å². The summed E-state index contributed by atoms with van der Waals surface area (Å²) in [5.74, 6) is 1.56. The van der Waals surface area contributed by atoms with Gasteiger partial charge in [0, 0.05) is 12.0 Å². The van der Waals surface area contributed by atoms with Crippen LogP contribution in [0.15, 0.2) is 10.5 Å². The van der Waals surface area contributed by atoms with Crippen LogP contribution in [0.3, 0.4) is 0 Å². The lowest BCUT2D eigenvalue weighted by Gasteiger charge is -2.16. The zero-order chi connectivity index (χ0) is 11.5. The Morgan fingerprint density at radius 3 is 2.62 bits per heavy atom. The van der Waals surface area contributed by atoms with Gasteiger partial charge in [-0.05, 0) is 34.0 Å². The number of hydrogen-bond acceptors (Lipinski definition) is 3. The summed E-state index contributed by atoms with van der Waals surface area (Å²) in [6, 6.07) is 1.91. The lowest BCUT2D eigenvalue weighted by atomic mass is 10.0. The number of halogens is 1. The van der Waals surface area contributed by atoms with Crippen LogP contribution in [0, 0.1) is 0 Å². The number of benzene rings is 1. The summed E-state index contributed by atoms with van der Waals surface area (Å²) in [5.41, 5.74) is 1.95. The summed E-state index contributed by atoms with van der Waals surface area (Å²) in [4.78, 5) is 0. The molecule has 16 heavy (non-hydrogen) atoms. The zero-order valence-electron chi connectivity index (χ0n) is 9.25. The Labute approximate surface area is 104 Å². The number of rotatable bonds is 2. The summed E-state index contributed by atoms with van der Waals surface area (Å²) >= 11 is 3.46. The van der Waals surface area contributed by atoms with Crippen LogP contribution in [0.25, 0.3) is 0 Å². The third-order valence-corrected chi connectivity index (χ3v) is 3.28. The second kappa shape index (κ2) is 5.06. The van der Waals surface area contributed by atoms with Crippen LogP contribution < -0.4 is 9.47 Å². The van der Waals surface area contributed by atoms with Crippen molar-refractivity contribution in [2.75, 3.05) is 13.2 Å². The van der Waals surface area contributed by atoms with Gasteiger partial charge in [-0.25, -0.2) is 0 Å². The molecule has 1 heterocycles. The number of hydrogen-bond donors (Lipinski definition) is 1. The molecular formula is C12H15BrO3. The van der Waals surface area contributed by atoms with Crippen molar-refractivity contribution in [3.05, 3.63) is 21.7 Å². The normalized spacial score (nSPS) is 14.7. The maximum Gasteiger partial charge on any atom is 0.175 e. The highest BCUT2D eigenvalue weighted by atomic mass is 79.9. The SMILES string of the molecule is CCc1c(CO)cc(Br)c2c1OCCCO2. The first-order valence-corrected chi connectivity index (χ1v) is 6.28. The first-order valence-electron chi connectivity index (χ1n) is 5.48. The van der Waals surface area contributed by atoms with E-state index >= 15 is 0 Å². The molecule has 88 valence electrons. The van der Waals surface area contributed by atoms with E-state index < -0.39 is 0 Å². The Morgan fingerprint density at radius 2 is 2.00 bits per heavy atom. The molecule has 0 unspecified atom stereocenters. The molecule has 1 N–H and O–H groups in total. The van der Waals surface area contributed by atoms with E-state index in [9.17, 15) is 5.11 Å². The molecule has 0 atom stereocenters. The lowest BCUT2D eigenvalue weighted by Crippen LogP contribution is -2.01. The molecule has 0 fully saturated rings. The monoisotopic (exact) mass is 286 g/mol. The van der Waals surface area contributed by atoms with Crippen LogP contribution in [0.5, 0.6) is 11.5 Å². The van der Waals surface area contributed by atoms with Crippen LogP contribution in [0.4, 0.5) is 0 Å². The van der Waals surface area contributed by atoms with E-state index in [-0.39, 0.29) is 6.61 Å². The minimum Gasteiger partial charge on any atom is -0.489 e. The first-order chi connectivity index (χ1) is 7.77. The fourth-order valence-corrected chi connectivity index (χ4v) is 2.49. The predicted octanol–water partition coefficient (Wildman–Crippen LogP) is 2.67. The molecule has 0 amide bonds. The Morgan fingerprint density at radius 1 is 1.31 bits per heavy atom. The maximum atomic E-state index is 9.33. The van der Waals surface area contributed by atoms with Crippen molar-refractivity contribution >= 4 is 15.9 Å². The van der Waals surface area contributed by atoms with E-state index in [1.807, 2.05) is 6.07 Å². The summed E-state index contributed by atoms with van der Waals surface area (Å²) in [6.07, 6.45) is 1.72. The van der Waals surface area contributed by atoms with Crippen molar-refractivity contribution in [1.82, 2.24) is 0 Å². The number of aliphatic hydroxyl groups is 1. The molecular weight excluding hydrogens is 272 g/mol. The summed E-state index contributed by atoms with van der Waals surface area (Å²) in [6.45, 7) is 3.42. The molecule has 0 bridgehead atoms. The molecule has 4 heteroatoms. The van der Waals surface area contributed by atoms with E-state index in [0.29, 0.717) is 13.2 Å². The third kappa shape index (κ3) is 2.04. The van der Waals surface area contributed by atoms with Crippen LogP contribution in [-0.2, 0) is 13.0 Å². The molecule has 1 aliphatic rings. The topological polar surface area (TPSA) is 38.7 Å². The zero-order valence-corrected chi connectivity index (χ0v) is 10.8. The molecule has 1 aliphatic heterocycles. The van der Waals surface area contributed by atoms with E-state index in [1.165, 1.54) is 0 Å². The van der Waals surface area contributed by atoms with Crippen molar-refractivity contribution < 1.29 is 14.6 Å². The number of fused-ring (bicyclic) bond motifs is 1. The lowest BCUT2D eigenvalue weighted by molar-refractivity contribution is 0.277. The fourth-order valence-electron chi connectivity index (χ4n) is 1.92. The van der Waals surface area contributed by atoms with Crippen LogP contribution in [0.1, 0.15) is 24.5 Å². The fraction of sp³-hybridized carbons (Fsp3) is 0.500. The molecule has 3 nitrogen and oxygen atoms in total. The standard InChI is InChI=1S/C12H15BrO3/c1-2-9-8(7-14)6-10(13)12-11(9)15-4-3-5-16-12/h6,14H,2-5,7H2,1H3. The minimum absolute atomic E-state index is 0.0262. The Balaban J connectivity index is 2.57. The Bertz CT molecular complexity index is 390. The van der Waals surface area contributed by atoms with E-state index in [2.05, 4.69) is 22.9 Å². The second-order valence-corrected chi connectivity index (χ2v) is 4.57. The summed E-state index contributed by atoms with van der Waals surface area (Å²) in [7, 11) is 0. The number of ether oxygens (including phenoxy) is 2. The van der Waals surface area contributed by atoms with Crippen molar-refractivity contribution in [2.45, 2.75) is 26.4 Å². The number of aliphatic hydroxyl groups excluding tert-OH is 1. The van der Waals surface area contributed by atoms with Gasteiger partial charge < -0.3 is 14.6 Å². The molecule has 0 aromatic heterocycles. The van der Waals surface area contributed by atoms with Gasteiger partial charge in [0.1, 0.15) is 0 Å². The summed E-state index contributed by atoms with van der Waals surface area (Å²) in [5, 5.41) is 9.33. The van der Waals surface area contributed by atoms with Gasteiger partial charge >= 0.3 is 0 Å². The van der Waals surface area contributed by atoms with Gasteiger partial charge in [0.25, 0.3) is 0 Å². The van der Waals surface area contributed by atoms with E-state index in [0.717, 1.165) is 39.9 Å². The molecule has 1 aromatic carbocycles. The Kier molecular flexibility index (Phi) is 3.71. The average molecular weight is 287 g/mol. The van der Waals surface area contributed by atoms with E-state index in [4.69, 9.17) is 9.47 Å².